The molecule has 1 heterocycles. The van der Waals surface area contributed by atoms with Crippen molar-refractivity contribution in [2.75, 3.05) is 0 Å². The molecule has 0 fully saturated rings. The molecule has 0 aliphatic rings. The van der Waals surface area contributed by atoms with E-state index in [2.05, 4.69) is 10.5 Å². The standard InChI is InChI=1S/C17H12Cl2N4OS/c18-11-7-5-10(6-8-11)16(24)23-14-4-2-1-3-12(14)13(15(23)19)9-21-22-17(20)25/h1-9H,(H3,20,22,25)/b21-9+. The zero-order valence-electron chi connectivity index (χ0n) is 12.7. The van der Waals surface area contributed by atoms with Gasteiger partial charge in [-0.3, -0.25) is 14.8 Å². The fourth-order valence-corrected chi connectivity index (χ4v) is 2.93. The third-order valence-corrected chi connectivity index (χ3v) is 4.23. The number of benzene rings is 2. The Hall–Kier alpha value is -2.41. The molecule has 8 heteroatoms. The van der Waals surface area contributed by atoms with E-state index in [0.29, 0.717) is 21.7 Å². The van der Waals surface area contributed by atoms with Crippen LogP contribution in [0.4, 0.5) is 0 Å². The van der Waals surface area contributed by atoms with E-state index in [9.17, 15) is 4.79 Å². The van der Waals surface area contributed by atoms with E-state index < -0.39 is 0 Å². The number of fused-ring (bicyclic) bond motifs is 1. The van der Waals surface area contributed by atoms with Gasteiger partial charge in [-0.25, -0.2) is 0 Å². The molecule has 0 radical (unpaired) electrons. The number of carbonyl (C=O) groups is 1. The molecule has 0 amide bonds. The molecule has 2 aromatic carbocycles. The largest absolute Gasteiger partial charge is 0.375 e. The lowest BCUT2D eigenvalue weighted by Crippen LogP contribution is -2.24. The van der Waals surface area contributed by atoms with Crippen molar-refractivity contribution in [1.29, 1.82) is 0 Å². The average Bonchev–Trinajstić information content (AvgIpc) is 2.87. The molecule has 5 nitrogen and oxygen atoms in total. The van der Waals surface area contributed by atoms with E-state index in [1.54, 1.807) is 24.3 Å². The summed E-state index contributed by atoms with van der Waals surface area (Å²) in [6, 6.07) is 14.0. The van der Waals surface area contributed by atoms with Crippen LogP contribution in [0.5, 0.6) is 0 Å². The second kappa shape index (κ2) is 7.23. The van der Waals surface area contributed by atoms with Crippen molar-refractivity contribution in [3.63, 3.8) is 0 Å². The van der Waals surface area contributed by atoms with Crippen molar-refractivity contribution >= 4 is 63.6 Å². The second-order valence-corrected chi connectivity index (χ2v) is 6.34. The SMILES string of the molecule is NC(=S)N/N=C/c1c(Cl)n(C(=O)c2ccc(Cl)cc2)c2ccccc12. The molecule has 0 spiro atoms. The lowest BCUT2D eigenvalue weighted by Gasteiger charge is -2.06. The number of rotatable bonds is 3. The number of carbonyl (C=O) groups excluding carboxylic acids is 1. The molecule has 3 N–H and O–H groups in total. The number of hydrogen-bond donors (Lipinski definition) is 2. The van der Waals surface area contributed by atoms with Gasteiger partial charge in [0.05, 0.1) is 11.7 Å². The summed E-state index contributed by atoms with van der Waals surface area (Å²) in [5.41, 5.74) is 9.55. The number of para-hydroxylation sites is 1. The maximum atomic E-state index is 12.9. The number of aromatic nitrogens is 1. The fraction of sp³-hybridized carbons (Fsp3) is 0. The van der Waals surface area contributed by atoms with Crippen LogP contribution in [0.1, 0.15) is 15.9 Å². The van der Waals surface area contributed by atoms with Crippen LogP contribution in [0.3, 0.4) is 0 Å². The Bertz CT molecular complexity index is 996. The summed E-state index contributed by atoms with van der Waals surface area (Å²) in [6.45, 7) is 0. The minimum Gasteiger partial charge on any atom is -0.375 e. The van der Waals surface area contributed by atoms with Gasteiger partial charge in [-0.1, -0.05) is 41.4 Å². The van der Waals surface area contributed by atoms with Crippen LogP contribution in [0.15, 0.2) is 53.6 Å². The zero-order chi connectivity index (χ0) is 18.0. The van der Waals surface area contributed by atoms with Gasteiger partial charge in [0.15, 0.2) is 5.11 Å². The average molecular weight is 391 g/mol. The van der Waals surface area contributed by atoms with Gasteiger partial charge in [-0.15, -0.1) is 0 Å². The number of nitrogens with one attached hydrogen (secondary N) is 1. The first-order chi connectivity index (χ1) is 12.0. The van der Waals surface area contributed by atoms with Crippen molar-refractivity contribution in [2.45, 2.75) is 0 Å². The summed E-state index contributed by atoms with van der Waals surface area (Å²) in [4.78, 5) is 12.9. The summed E-state index contributed by atoms with van der Waals surface area (Å²) in [5.74, 6) is -0.264. The van der Waals surface area contributed by atoms with Crippen molar-refractivity contribution in [3.8, 4) is 0 Å². The molecular weight excluding hydrogens is 379 g/mol. The van der Waals surface area contributed by atoms with Crippen LogP contribution in [0, 0.1) is 0 Å². The van der Waals surface area contributed by atoms with E-state index in [4.69, 9.17) is 41.2 Å². The lowest BCUT2D eigenvalue weighted by molar-refractivity contribution is 0.0965. The highest BCUT2D eigenvalue weighted by molar-refractivity contribution is 7.80. The van der Waals surface area contributed by atoms with E-state index in [0.717, 1.165) is 5.39 Å². The van der Waals surface area contributed by atoms with Gasteiger partial charge in [0, 0.05) is 21.5 Å². The van der Waals surface area contributed by atoms with Crippen LogP contribution in [-0.4, -0.2) is 21.8 Å². The van der Waals surface area contributed by atoms with Crippen LogP contribution in [0.2, 0.25) is 10.2 Å². The molecular formula is C17H12Cl2N4OS. The highest BCUT2D eigenvalue weighted by Crippen LogP contribution is 2.29. The smallest absolute Gasteiger partial charge is 0.263 e. The van der Waals surface area contributed by atoms with Gasteiger partial charge in [-0.05, 0) is 42.5 Å². The molecule has 126 valence electrons. The topological polar surface area (TPSA) is 72.4 Å². The predicted molar refractivity (Wildman–Crippen MR) is 106 cm³/mol. The number of thiocarbonyl (C=S) groups is 1. The first-order valence-electron chi connectivity index (χ1n) is 7.16. The highest BCUT2D eigenvalue weighted by atomic mass is 35.5. The number of hydrazone groups is 1. The maximum Gasteiger partial charge on any atom is 0.263 e. The number of halogens is 2. The number of hydrogen-bond acceptors (Lipinski definition) is 3. The van der Waals surface area contributed by atoms with Crippen LogP contribution in [-0.2, 0) is 0 Å². The Morgan fingerprint density at radius 1 is 1.16 bits per heavy atom. The van der Waals surface area contributed by atoms with Crippen molar-refractivity contribution in [2.24, 2.45) is 10.8 Å². The predicted octanol–water partition coefficient (Wildman–Crippen LogP) is 3.80. The number of nitrogens with two attached hydrogens (primary N) is 1. The molecule has 3 aromatic rings. The Balaban J connectivity index is 2.13. The molecule has 0 saturated carbocycles. The fourth-order valence-electron chi connectivity index (χ4n) is 2.44. The first kappa shape index (κ1) is 17.4. The van der Waals surface area contributed by atoms with E-state index in [-0.39, 0.29) is 16.2 Å². The molecule has 0 saturated heterocycles. The quantitative estimate of drug-likeness (QED) is 0.405. The third-order valence-electron chi connectivity index (χ3n) is 3.52. The zero-order valence-corrected chi connectivity index (χ0v) is 15.1. The molecule has 25 heavy (non-hydrogen) atoms. The number of nitrogens with zero attached hydrogens (tertiary/aromatic N) is 2. The van der Waals surface area contributed by atoms with E-state index in [1.165, 1.54) is 10.8 Å². The van der Waals surface area contributed by atoms with Gasteiger partial charge in [0.2, 0.25) is 0 Å². The molecule has 1 aromatic heterocycles. The minimum absolute atomic E-state index is 0.0355. The molecule has 0 atom stereocenters. The van der Waals surface area contributed by atoms with Gasteiger partial charge in [0.25, 0.3) is 5.91 Å². The van der Waals surface area contributed by atoms with E-state index >= 15 is 0 Å². The van der Waals surface area contributed by atoms with Crippen LogP contribution in [0.25, 0.3) is 10.9 Å². The monoisotopic (exact) mass is 390 g/mol. The van der Waals surface area contributed by atoms with Crippen molar-refractivity contribution in [3.05, 3.63) is 69.8 Å². The lowest BCUT2D eigenvalue weighted by atomic mass is 10.2. The van der Waals surface area contributed by atoms with Gasteiger partial charge >= 0.3 is 0 Å². The Kier molecular flexibility index (Phi) is 5.03. The molecule has 3 rings (SSSR count). The van der Waals surface area contributed by atoms with Gasteiger partial charge < -0.3 is 5.73 Å². The van der Waals surface area contributed by atoms with E-state index in [1.807, 2.05) is 24.3 Å². The summed E-state index contributed by atoms with van der Waals surface area (Å²) >= 11 is 17.1. The van der Waals surface area contributed by atoms with Crippen molar-refractivity contribution < 1.29 is 4.79 Å². The maximum absolute atomic E-state index is 12.9. The summed E-state index contributed by atoms with van der Waals surface area (Å²) in [5, 5.41) is 5.56. The highest BCUT2D eigenvalue weighted by Gasteiger charge is 2.20. The Morgan fingerprint density at radius 2 is 1.84 bits per heavy atom. The Labute approximate surface area is 159 Å². The normalized spacial score (nSPS) is 11.1. The summed E-state index contributed by atoms with van der Waals surface area (Å²) in [6.07, 6.45) is 1.48. The minimum atomic E-state index is -0.264. The first-order valence-corrected chi connectivity index (χ1v) is 8.33. The van der Waals surface area contributed by atoms with Gasteiger partial charge in [-0.2, -0.15) is 5.10 Å². The summed E-state index contributed by atoms with van der Waals surface area (Å²) < 4.78 is 1.43. The van der Waals surface area contributed by atoms with Gasteiger partial charge in [0.1, 0.15) is 5.15 Å². The molecule has 0 aliphatic heterocycles. The second-order valence-electron chi connectivity index (χ2n) is 5.10. The molecule has 0 aliphatic carbocycles. The molecule has 0 unspecified atom stereocenters. The van der Waals surface area contributed by atoms with Crippen molar-refractivity contribution in [1.82, 2.24) is 9.99 Å². The third kappa shape index (κ3) is 3.51. The van der Waals surface area contributed by atoms with Crippen LogP contribution < -0.4 is 11.2 Å². The Morgan fingerprint density at radius 3 is 2.52 bits per heavy atom. The summed E-state index contributed by atoms with van der Waals surface area (Å²) in [7, 11) is 0. The molecule has 0 bridgehead atoms. The van der Waals surface area contributed by atoms with Crippen LogP contribution >= 0.6 is 35.4 Å².